The highest BCUT2D eigenvalue weighted by atomic mass is 19.1. The Labute approximate surface area is 136 Å². The number of amides is 1. The number of hydrogen-bond donors (Lipinski definition) is 2. The van der Waals surface area contributed by atoms with Gasteiger partial charge in [0.25, 0.3) is 5.91 Å². The monoisotopic (exact) mass is 329 g/mol. The first kappa shape index (κ1) is 17.0. The molecular weight excluding hydrogens is 316 g/mol. The number of nitrogens with two attached hydrogens (primary N) is 1. The van der Waals surface area contributed by atoms with Gasteiger partial charge < -0.3 is 11.1 Å². The van der Waals surface area contributed by atoms with Crippen LogP contribution in [0.25, 0.3) is 5.57 Å². The van der Waals surface area contributed by atoms with Crippen LogP contribution in [0.2, 0.25) is 0 Å². The number of hydrogen-bond acceptors (Lipinski definition) is 4. The lowest BCUT2D eigenvalue weighted by molar-refractivity contribution is -0.105. The second-order valence-electron chi connectivity index (χ2n) is 4.69. The summed E-state index contributed by atoms with van der Waals surface area (Å²) in [4.78, 5) is 27.1. The molecule has 0 aliphatic carbocycles. The van der Waals surface area contributed by atoms with E-state index in [1.54, 1.807) is 24.5 Å². The first-order chi connectivity index (χ1) is 11.5. The molecule has 0 radical (unpaired) electrons. The third-order valence-corrected chi connectivity index (χ3v) is 3.01. The number of nitrogens with one attached hydrogen (secondary N) is 1. The van der Waals surface area contributed by atoms with E-state index in [1.165, 1.54) is 12.3 Å². The summed E-state index contributed by atoms with van der Waals surface area (Å²) >= 11 is 0. The van der Waals surface area contributed by atoms with Crippen LogP contribution in [0.4, 0.5) is 8.78 Å². The highest BCUT2D eigenvalue weighted by molar-refractivity contribution is 5.99. The first-order valence-electron chi connectivity index (χ1n) is 6.80. The normalized spacial score (nSPS) is 11.9. The minimum atomic E-state index is -0.892. The summed E-state index contributed by atoms with van der Waals surface area (Å²) < 4.78 is 26.3. The molecule has 0 saturated heterocycles. The maximum atomic E-state index is 13.2. The maximum absolute atomic E-state index is 13.2. The van der Waals surface area contributed by atoms with Crippen LogP contribution < -0.4 is 11.1 Å². The number of benzene rings is 1. The molecule has 0 atom stereocenters. The van der Waals surface area contributed by atoms with Crippen molar-refractivity contribution < 1.29 is 18.4 Å². The van der Waals surface area contributed by atoms with E-state index >= 15 is 0 Å². The zero-order valence-electron chi connectivity index (χ0n) is 12.4. The first-order valence-corrected chi connectivity index (χ1v) is 6.80. The molecular formula is C17H13F2N3O2. The van der Waals surface area contributed by atoms with Crippen LogP contribution >= 0.6 is 0 Å². The minimum Gasteiger partial charge on any atom is -0.404 e. The Morgan fingerprint density at radius 1 is 1.08 bits per heavy atom. The third kappa shape index (κ3) is 4.33. The molecule has 0 bridgehead atoms. The Balaban J connectivity index is 2.25. The van der Waals surface area contributed by atoms with Crippen molar-refractivity contribution in [2.24, 2.45) is 5.73 Å². The minimum absolute atomic E-state index is 0.113. The molecule has 2 aromatic rings. The highest BCUT2D eigenvalue weighted by Gasteiger charge is 2.11. The average Bonchev–Trinajstić information content (AvgIpc) is 2.58. The van der Waals surface area contributed by atoms with Gasteiger partial charge in [0.2, 0.25) is 0 Å². The molecule has 1 aromatic heterocycles. The number of pyridine rings is 1. The van der Waals surface area contributed by atoms with Crippen molar-refractivity contribution >= 4 is 17.8 Å². The molecule has 0 saturated carbocycles. The fourth-order valence-electron chi connectivity index (χ4n) is 1.93. The number of rotatable bonds is 5. The van der Waals surface area contributed by atoms with E-state index in [-0.39, 0.29) is 11.3 Å². The van der Waals surface area contributed by atoms with Gasteiger partial charge in [-0.1, -0.05) is 0 Å². The Morgan fingerprint density at radius 2 is 1.71 bits per heavy atom. The van der Waals surface area contributed by atoms with Gasteiger partial charge in [0, 0.05) is 30.2 Å². The lowest BCUT2D eigenvalue weighted by Crippen LogP contribution is -2.24. The van der Waals surface area contributed by atoms with Crippen LogP contribution in [0.3, 0.4) is 0 Å². The van der Waals surface area contributed by atoms with Gasteiger partial charge in [-0.25, -0.2) is 8.78 Å². The summed E-state index contributed by atoms with van der Waals surface area (Å²) in [6, 6.07) is 5.71. The van der Waals surface area contributed by atoms with Gasteiger partial charge in [0.05, 0.1) is 5.70 Å². The molecule has 122 valence electrons. The van der Waals surface area contributed by atoms with Crippen LogP contribution in [0, 0.1) is 11.6 Å². The molecule has 5 nitrogen and oxygen atoms in total. The standard InChI is InChI=1S/C17H13F2N3O2/c18-14-5-12(6-15(19)8-14)17(24)22-16(10-23)7-13(9-20)11-1-3-21-4-2-11/h1-10H,20H2,(H,22,24)/b13-9+,16-7+. The molecule has 0 aliphatic heterocycles. The molecule has 0 unspecified atom stereocenters. The quantitative estimate of drug-likeness (QED) is 0.500. The molecule has 1 aromatic carbocycles. The zero-order chi connectivity index (χ0) is 17.5. The number of aromatic nitrogens is 1. The van der Waals surface area contributed by atoms with E-state index < -0.39 is 17.5 Å². The smallest absolute Gasteiger partial charge is 0.255 e. The van der Waals surface area contributed by atoms with E-state index in [4.69, 9.17) is 5.73 Å². The van der Waals surface area contributed by atoms with Crippen molar-refractivity contribution in [1.29, 1.82) is 0 Å². The number of carbonyl (C=O) groups excluding carboxylic acids is 2. The third-order valence-electron chi connectivity index (χ3n) is 3.01. The fourth-order valence-corrected chi connectivity index (χ4v) is 1.93. The molecule has 7 heteroatoms. The Kier molecular flexibility index (Phi) is 5.51. The predicted molar refractivity (Wildman–Crippen MR) is 84.4 cm³/mol. The number of halogens is 2. The molecule has 0 aliphatic rings. The van der Waals surface area contributed by atoms with Gasteiger partial charge in [-0.05, 0) is 41.5 Å². The summed E-state index contributed by atoms with van der Waals surface area (Å²) in [7, 11) is 0. The molecule has 1 amide bonds. The van der Waals surface area contributed by atoms with Crippen molar-refractivity contribution in [2.75, 3.05) is 0 Å². The number of allylic oxidation sites excluding steroid dienone is 3. The summed E-state index contributed by atoms with van der Waals surface area (Å²) in [5.41, 5.74) is 6.32. The number of aldehydes is 1. The second-order valence-corrected chi connectivity index (χ2v) is 4.69. The van der Waals surface area contributed by atoms with Crippen molar-refractivity contribution in [3.8, 4) is 0 Å². The molecule has 3 N–H and O–H groups in total. The molecule has 2 rings (SSSR count). The SMILES string of the molecule is N/C=C(\C=C(/C=O)NC(=O)c1cc(F)cc(F)c1)c1ccncc1. The van der Waals surface area contributed by atoms with Crippen LogP contribution in [0.5, 0.6) is 0 Å². The second kappa shape index (κ2) is 7.77. The average molecular weight is 329 g/mol. The summed E-state index contributed by atoms with van der Waals surface area (Å²) in [6.07, 6.45) is 6.09. The zero-order valence-corrected chi connectivity index (χ0v) is 12.4. The van der Waals surface area contributed by atoms with Crippen molar-refractivity contribution in [2.45, 2.75) is 0 Å². The van der Waals surface area contributed by atoms with Crippen LogP contribution in [0.15, 0.2) is 60.7 Å². The van der Waals surface area contributed by atoms with E-state index in [0.717, 1.165) is 12.1 Å². The van der Waals surface area contributed by atoms with E-state index in [0.29, 0.717) is 23.5 Å². The van der Waals surface area contributed by atoms with Crippen LogP contribution in [-0.4, -0.2) is 17.2 Å². The molecule has 24 heavy (non-hydrogen) atoms. The fraction of sp³-hybridized carbons (Fsp3) is 0. The Hall–Kier alpha value is -3.35. The van der Waals surface area contributed by atoms with Gasteiger partial charge >= 0.3 is 0 Å². The lowest BCUT2D eigenvalue weighted by Gasteiger charge is -2.07. The highest BCUT2D eigenvalue weighted by Crippen LogP contribution is 2.15. The maximum Gasteiger partial charge on any atom is 0.255 e. The van der Waals surface area contributed by atoms with Gasteiger partial charge in [0.15, 0.2) is 6.29 Å². The van der Waals surface area contributed by atoms with Crippen molar-refractivity contribution in [3.05, 3.63) is 83.5 Å². The van der Waals surface area contributed by atoms with E-state index in [9.17, 15) is 18.4 Å². The van der Waals surface area contributed by atoms with Gasteiger partial charge in [-0.2, -0.15) is 0 Å². The van der Waals surface area contributed by atoms with Gasteiger partial charge in [0.1, 0.15) is 11.6 Å². The molecule has 0 spiro atoms. The Morgan fingerprint density at radius 3 is 2.25 bits per heavy atom. The lowest BCUT2D eigenvalue weighted by atomic mass is 10.1. The van der Waals surface area contributed by atoms with Gasteiger partial charge in [-0.15, -0.1) is 0 Å². The number of carbonyl (C=O) groups is 2. The van der Waals surface area contributed by atoms with E-state index in [1.807, 2.05) is 0 Å². The summed E-state index contributed by atoms with van der Waals surface area (Å²) in [5.74, 6) is -2.61. The van der Waals surface area contributed by atoms with Crippen molar-refractivity contribution in [1.82, 2.24) is 10.3 Å². The molecule has 0 fully saturated rings. The topological polar surface area (TPSA) is 85.1 Å². The largest absolute Gasteiger partial charge is 0.404 e. The van der Waals surface area contributed by atoms with Crippen molar-refractivity contribution in [3.63, 3.8) is 0 Å². The Bertz CT molecular complexity index is 798. The van der Waals surface area contributed by atoms with E-state index in [2.05, 4.69) is 10.3 Å². The van der Waals surface area contributed by atoms with Crippen LogP contribution in [0.1, 0.15) is 15.9 Å². The number of nitrogens with zero attached hydrogens (tertiary/aromatic N) is 1. The molecule has 1 heterocycles. The predicted octanol–water partition coefficient (Wildman–Crippen LogP) is 2.17. The summed E-state index contributed by atoms with van der Waals surface area (Å²) in [6.45, 7) is 0. The van der Waals surface area contributed by atoms with Crippen LogP contribution in [-0.2, 0) is 4.79 Å². The van der Waals surface area contributed by atoms with Gasteiger partial charge in [-0.3, -0.25) is 14.6 Å². The summed E-state index contributed by atoms with van der Waals surface area (Å²) in [5, 5.41) is 2.28.